The molecule has 0 spiro atoms. The monoisotopic (exact) mass is 1100 g/mol. The standard InChI is InChI=1S/C54H68F2N10O13/c1-32(61-49(74)33(2)62-53(78)79-31-35-14-10-7-11-15-35)50(75)64-41(26-43(57)68)52(77)63-40(51(76)59-22-21-58-45(70)27-60-44(69)18-19-47(72)73)20-23-66(46(71)30-67)48(54(3,4)5)42-24-36(38-25-37(55)16-17-39(38)56)29-65(42)28-34-12-8-6-9-13-34/h6-17,24-25,29,32-33,40-41,48,67H,18-23,26-28,30-31H2,1-5H3,(H2,57,68)(H,58,70)(H,59,76)(H,60,69)(H,61,74)(H,62,78)(H,63,77)(H,64,75)(H,72,73)/t32-,33+,40+,41+,48+/m1/s1. The molecule has 4 rings (SSSR count). The molecular weight excluding hydrogens is 1030 g/mol. The number of carboxylic acids is 1. The number of hydrogen-bond acceptors (Lipinski definition) is 12. The van der Waals surface area contributed by atoms with Gasteiger partial charge in [0, 0.05) is 55.6 Å². The van der Waals surface area contributed by atoms with E-state index >= 15 is 4.39 Å². The molecular formula is C54H68F2N10O13. The Morgan fingerprint density at radius 3 is 1.94 bits per heavy atom. The molecule has 0 saturated heterocycles. The number of aliphatic hydroxyl groups excluding tert-OH is 1. The van der Waals surface area contributed by atoms with Crippen LogP contribution in [0.15, 0.2) is 91.1 Å². The van der Waals surface area contributed by atoms with Crippen LogP contribution >= 0.6 is 0 Å². The van der Waals surface area contributed by atoms with E-state index < -0.39 is 139 Å². The third kappa shape index (κ3) is 20.6. The maximum Gasteiger partial charge on any atom is 0.408 e. The highest BCUT2D eigenvalue weighted by Crippen LogP contribution is 2.41. The zero-order valence-corrected chi connectivity index (χ0v) is 44.4. The summed E-state index contributed by atoms with van der Waals surface area (Å²) < 4.78 is 36.9. The second kappa shape index (κ2) is 30.3. The number of nitrogens with one attached hydrogen (secondary N) is 7. The summed E-state index contributed by atoms with van der Waals surface area (Å²) in [4.78, 5) is 130. The number of primary amides is 1. The van der Waals surface area contributed by atoms with Gasteiger partial charge >= 0.3 is 12.1 Å². The molecule has 0 unspecified atom stereocenters. The number of aliphatic hydroxyl groups is 1. The Kier molecular flexibility index (Phi) is 24.1. The van der Waals surface area contributed by atoms with Gasteiger partial charge in [0.1, 0.15) is 49.0 Å². The van der Waals surface area contributed by atoms with Gasteiger partial charge < -0.3 is 67.4 Å². The van der Waals surface area contributed by atoms with Crippen molar-refractivity contribution in [1.82, 2.24) is 46.7 Å². The fraction of sp³-hybridized carbons (Fsp3) is 0.407. The lowest BCUT2D eigenvalue weighted by Gasteiger charge is -2.41. The lowest BCUT2D eigenvalue weighted by atomic mass is 9.82. The summed E-state index contributed by atoms with van der Waals surface area (Å²) in [7, 11) is 0. The van der Waals surface area contributed by atoms with Crippen LogP contribution < -0.4 is 43.0 Å². The highest BCUT2D eigenvalue weighted by Gasteiger charge is 2.39. The first-order chi connectivity index (χ1) is 37.4. The number of benzene rings is 3. The van der Waals surface area contributed by atoms with Gasteiger partial charge in [-0.15, -0.1) is 0 Å². The van der Waals surface area contributed by atoms with E-state index in [-0.39, 0.29) is 50.3 Å². The Hall–Kier alpha value is -8.74. The molecule has 23 nitrogen and oxygen atoms in total. The van der Waals surface area contributed by atoms with Gasteiger partial charge in [-0.2, -0.15) is 0 Å². The maximum atomic E-state index is 15.4. The molecule has 1 aromatic heterocycles. The van der Waals surface area contributed by atoms with Crippen molar-refractivity contribution < 1.29 is 71.7 Å². The molecule has 3 aromatic carbocycles. The predicted molar refractivity (Wildman–Crippen MR) is 281 cm³/mol. The van der Waals surface area contributed by atoms with Crippen LogP contribution in [0.5, 0.6) is 0 Å². The molecule has 9 amide bonds. The zero-order chi connectivity index (χ0) is 58.4. The average Bonchev–Trinajstić information content (AvgIpc) is 3.83. The van der Waals surface area contributed by atoms with Crippen LogP contribution in [-0.2, 0) is 61.0 Å². The minimum atomic E-state index is -1.77. The van der Waals surface area contributed by atoms with Crippen LogP contribution in [0.25, 0.3) is 11.1 Å². The van der Waals surface area contributed by atoms with Crippen LogP contribution in [0.1, 0.15) is 83.2 Å². The zero-order valence-electron chi connectivity index (χ0n) is 44.4. The van der Waals surface area contributed by atoms with E-state index in [1.807, 2.05) is 30.3 Å². The summed E-state index contributed by atoms with van der Waals surface area (Å²) in [6.07, 6.45) is -1.38. The fourth-order valence-electron chi connectivity index (χ4n) is 8.09. The van der Waals surface area contributed by atoms with Crippen LogP contribution in [0.2, 0.25) is 0 Å². The molecule has 0 fully saturated rings. The largest absolute Gasteiger partial charge is 0.481 e. The molecule has 426 valence electrons. The van der Waals surface area contributed by atoms with Gasteiger partial charge in [0.2, 0.25) is 47.3 Å². The first-order valence-corrected chi connectivity index (χ1v) is 25.2. The van der Waals surface area contributed by atoms with Crippen LogP contribution in [0.4, 0.5) is 13.6 Å². The Balaban J connectivity index is 1.61. The van der Waals surface area contributed by atoms with E-state index in [2.05, 4.69) is 37.2 Å². The van der Waals surface area contributed by atoms with Crippen LogP contribution in [0, 0.1) is 17.0 Å². The van der Waals surface area contributed by atoms with Crippen molar-refractivity contribution in [2.24, 2.45) is 11.1 Å². The number of hydrogen-bond donors (Lipinski definition) is 10. The van der Waals surface area contributed by atoms with Gasteiger partial charge in [-0.25, -0.2) is 13.6 Å². The van der Waals surface area contributed by atoms with Gasteiger partial charge in [0.15, 0.2) is 0 Å². The van der Waals surface area contributed by atoms with E-state index in [0.717, 1.165) is 23.8 Å². The number of nitrogens with two attached hydrogens (primary N) is 1. The molecule has 1 heterocycles. The highest BCUT2D eigenvalue weighted by molar-refractivity contribution is 5.97. The SMILES string of the molecule is C[C@H](NC(=O)OCc1ccccc1)C(=O)N[C@H](C)C(=O)N[C@@H](CC(N)=O)C(=O)N[C@@H](CCN(C(=O)CO)[C@@H](c1cc(-c2cc(F)ccc2F)cn1Cc1ccccc1)C(C)(C)C)C(=O)NCCNC(=O)CNC(=O)CCC(=O)O. The second-order valence-corrected chi connectivity index (χ2v) is 19.5. The summed E-state index contributed by atoms with van der Waals surface area (Å²) >= 11 is 0. The Labute approximate surface area is 454 Å². The van der Waals surface area contributed by atoms with Crippen LogP contribution in [-0.4, -0.2) is 136 Å². The summed E-state index contributed by atoms with van der Waals surface area (Å²) in [5.74, 6) is -9.79. The molecule has 25 heteroatoms. The molecule has 0 aliphatic rings. The number of nitrogens with zero attached hydrogens (tertiary/aromatic N) is 2. The summed E-state index contributed by atoms with van der Waals surface area (Å²) in [5.41, 5.74) is 6.67. The minimum Gasteiger partial charge on any atom is -0.481 e. The first-order valence-electron chi connectivity index (χ1n) is 25.2. The molecule has 0 aliphatic carbocycles. The fourth-order valence-corrected chi connectivity index (χ4v) is 8.09. The number of aliphatic carboxylic acids is 1. The van der Waals surface area contributed by atoms with E-state index in [9.17, 15) is 57.4 Å². The number of ether oxygens (including phenoxy) is 1. The summed E-state index contributed by atoms with van der Waals surface area (Å²) in [5, 5.41) is 36.1. The average molecular weight is 1100 g/mol. The second-order valence-electron chi connectivity index (χ2n) is 19.5. The van der Waals surface area contributed by atoms with Gasteiger partial charge in [-0.05, 0) is 61.1 Å². The molecule has 0 bridgehead atoms. The van der Waals surface area contributed by atoms with Crippen molar-refractivity contribution in [3.05, 3.63) is 120 Å². The van der Waals surface area contributed by atoms with Crippen molar-refractivity contribution in [1.29, 1.82) is 0 Å². The molecule has 11 N–H and O–H groups in total. The first kappa shape index (κ1) is 62.8. The molecule has 0 saturated carbocycles. The lowest BCUT2D eigenvalue weighted by molar-refractivity contribution is -0.140. The van der Waals surface area contributed by atoms with E-state index in [4.69, 9.17) is 15.6 Å². The minimum absolute atomic E-state index is 0.0745. The van der Waals surface area contributed by atoms with Crippen molar-refractivity contribution in [2.45, 2.75) is 104 Å². The Bertz CT molecular complexity index is 2790. The van der Waals surface area contributed by atoms with Crippen molar-refractivity contribution >= 4 is 59.3 Å². The Morgan fingerprint density at radius 2 is 1.32 bits per heavy atom. The predicted octanol–water partition coefficient (Wildman–Crippen LogP) is 1.66. The van der Waals surface area contributed by atoms with E-state index in [0.29, 0.717) is 11.3 Å². The van der Waals surface area contributed by atoms with Crippen LogP contribution in [0.3, 0.4) is 0 Å². The lowest BCUT2D eigenvalue weighted by Crippen LogP contribution is -2.58. The third-order valence-electron chi connectivity index (χ3n) is 12.0. The van der Waals surface area contributed by atoms with Gasteiger partial charge in [0.05, 0.1) is 25.4 Å². The number of carbonyl (C=O) groups excluding carboxylic acids is 9. The van der Waals surface area contributed by atoms with E-state index in [1.165, 1.54) is 18.7 Å². The molecule has 4 aromatic rings. The van der Waals surface area contributed by atoms with Crippen molar-refractivity contribution in [3.63, 3.8) is 0 Å². The number of halogens is 2. The van der Waals surface area contributed by atoms with E-state index in [1.54, 1.807) is 67.9 Å². The van der Waals surface area contributed by atoms with Gasteiger partial charge in [0.25, 0.3) is 0 Å². The number of carbonyl (C=O) groups is 10. The highest BCUT2D eigenvalue weighted by atomic mass is 19.1. The number of rotatable bonds is 29. The molecule has 5 atom stereocenters. The summed E-state index contributed by atoms with van der Waals surface area (Å²) in [6.45, 7) is 5.60. The van der Waals surface area contributed by atoms with Gasteiger partial charge in [-0.3, -0.25) is 43.2 Å². The smallest absolute Gasteiger partial charge is 0.408 e. The van der Waals surface area contributed by atoms with Crippen molar-refractivity contribution in [2.75, 3.05) is 32.8 Å². The normalized spacial score (nSPS) is 13.0. The number of amides is 9. The molecule has 0 aliphatic heterocycles. The number of alkyl carbamates (subject to hydrolysis) is 1. The quantitative estimate of drug-likeness (QED) is 0.0347. The van der Waals surface area contributed by atoms with Gasteiger partial charge in [-0.1, -0.05) is 81.4 Å². The number of carboxylic acid groups (broad SMARTS) is 1. The van der Waals surface area contributed by atoms with Crippen molar-refractivity contribution in [3.8, 4) is 11.1 Å². The topological polar surface area (TPSA) is 339 Å². The Morgan fingerprint density at radius 1 is 0.709 bits per heavy atom. The number of aromatic nitrogens is 1. The summed E-state index contributed by atoms with van der Waals surface area (Å²) in [6, 6.07) is 15.4. The maximum absolute atomic E-state index is 15.4. The molecule has 0 radical (unpaired) electrons. The third-order valence-corrected chi connectivity index (χ3v) is 12.0. The molecule has 79 heavy (non-hydrogen) atoms.